The zero-order valence-corrected chi connectivity index (χ0v) is 19.9. The SMILES string of the molecule is COc1c(F)cccc1Nc1c2[nH]c3c1C(=O)NCC3[I-]C(=O)CCCOc1cnccc1-2. The Morgan fingerprint density at radius 1 is 1.30 bits per heavy atom. The summed E-state index contributed by atoms with van der Waals surface area (Å²) < 4.78 is 25.7. The van der Waals surface area contributed by atoms with Gasteiger partial charge in [0.2, 0.25) is 0 Å². The number of anilines is 2. The number of hydrogen-bond donors (Lipinski definition) is 3. The number of fused-ring (bicyclic) bond motifs is 3. The van der Waals surface area contributed by atoms with E-state index in [1.165, 1.54) is 13.2 Å². The molecule has 0 aliphatic carbocycles. The predicted octanol–water partition coefficient (Wildman–Crippen LogP) is 0.541. The normalized spacial score (nSPS) is 17.9. The summed E-state index contributed by atoms with van der Waals surface area (Å²) in [5.41, 5.74) is 3.32. The van der Waals surface area contributed by atoms with E-state index in [4.69, 9.17) is 9.47 Å². The van der Waals surface area contributed by atoms with Crippen molar-refractivity contribution in [3.8, 4) is 22.8 Å². The Balaban J connectivity index is 1.74. The molecule has 33 heavy (non-hydrogen) atoms. The summed E-state index contributed by atoms with van der Waals surface area (Å²) in [4.78, 5) is 33.2. The molecule has 5 rings (SSSR count). The number of aromatic amines is 1. The van der Waals surface area contributed by atoms with Crippen LogP contribution in [0.2, 0.25) is 0 Å². The number of carbonyl (C=O) groups excluding carboxylic acids is 2. The van der Waals surface area contributed by atoms with E-state index in [1.807, 2.05) is 0 Å². The summed E-state index contributed by atoms with van der Waals surface area (Å²) >= 11 is -0.869. The first kappa shape index (κ1) is 21.7. The van der Waals surface area contributed by atoms with Crippen LogP contribution >= 0.6 is 0 Å². The molecule has 0 saturated carbocycles. The second kappa shape index (κ2) is 9.00. The second-order valence-corrected chi connectivity index (χ2v) is 10.9. The summed E-state index contributed by atoms with van der Waals surface area (Å²) in [7, 11) is 1.39. The summed E-state index contributed by atoms with van der Waals surface area (Å²) in [5, 5.41) is 6.15. The zero-order chi connectivity index (χ0) is 22.9. The summed E-state index contributed by atoms with van der Waals surface area (Å²) in [6, 6.07) is 6.35. The van der Waals surface area contributed by atoms with Crippen LogP contribution in [0.25, 0.3) is 11.3 Å². The average Bonchev–Trinajstić information content (AvgIpc) is 3.18. The first-order valence-electron chi connectivity index (χ1n) is 10.4. The fourth-order valence-corrected chi connectivity index (χ4v) is 6.78. The predicted molar refractivity (Wildman–Crippen MR) is 115 cm³/mol. The second-order valence-electron chi connectivity index (χ2n) is 7.57. The molecule has 2 aliphatic rings. The molecule has 0 radical (unpaired) electrons. The molecule has 4 heterocycles. The molecule has 3 N–H and O–H groups in total. The fraction of sp³-hybridized carbons (Fsp3) is 0.261. The quantitative estimate of drug-likeness (QED) is 0.244. The summed E-state index contributed by atoms with van der Waals surface area (Å²) in [6.45, 7) is 0.796. The maximum absolute atomic E-state index is 14.4. The van der Waals surface area contributed by atoms with Crippen LogP contribution in [0.1, 0.15) is 32.8 Å². The summed E-state index contributed by atoms with van der Waals surface area (Å²) in [5.74, 6) is -0.210. The van der Waals surface area contributed by atoms with Crippen molar-refractivity contribution >= 4 is 21.1 Å². The Labute approximate surface area is 199 Å². The van der Waals surface area contributed by atoms with E-state index in [-0.39, 0.29) is 19.4 Å². The number of ether oxygens (including phenoxy) is 2. The molecule has 1 amide bonds. The van der Waals surface area contributed by atoms with Gasteiger partial charge < -0.3 is 0 Å². The van der Waals surface area contributed by atoms with E-state index in [9.17, 15) is 14.0 Å². The van der Waals surface area contributed by atoms with Crippen LogP contribution in [-0.2, 0) is 4.79 Å². The molecule has 2 aromatic heterocycles. The number of rotatable bonds is 3. The van der Waals surface area contributed by atoms with Gasteiger partial charge in [-0.2, -0.15) is 0 Å². The van der Waals surface area contributed by atoms with E-state index in [0.29, 0.717) is 59.9 Å². The van der Waals surface area contributed by atoms with Crippen molar-refractivity contribution in [2.75, 3.05) is 25.6 Å². The molecule has 1 aromatic carbocycles. The molecule has 0 saturated heterocycles. The number of benzene rings is 1. The number of nitrogens with one attached hydrogen (secondary N) is 3. The van der Waals surface area contributed by atoms with Crippen LogP contribution in [0.3, 0.4) is 0 Å². The van der Waals surface area contributed by atoms with Crippen molar-refractivity contribution < 1.29 is 44.7 Å². The van der Waals surface area contributed by atoms with Crippen molar-refractivity contribution in [3.63, 3.8) is 0 Å². The molecular weight excluding hydrogens is 542 g/mol. The average molecular weight is 563 g/mol. The molecule has 1 unspecified atom stereocenters. The Hall–Kier alpha value is -3.15. The molecule has 0 fully saturated rings. The van der Waals surface area contributed by atoms with Gasteiger partial charge in [-0.3, -0.25) is 0 Å². The molecule has 2 bridgehead atoms. The topological polar surface area (TPSA) is 105 Å². The number of aromatic nitrogens is 2. The van der Waals surface area contributed by atoms with Crippen molar-refractivity contribution in [1.82, 2.24) is 15.3 Å². The molecule has 172 valence electrons. The monoisotopic (exact) mass is 563 g/mol. The minimum atomic E-state index is -0.869. The molecule has 10 heteroatoms. The van der Waals surface area contributed by atoms with Crippen molar-refractivity contribution in [2.45, 2.75) is 16.8 Å². The van der Waals surface area contributed by atoms with Crippen LogP contribution in [0.5, 0.6) is 11.5 Å². The van der Waals surface area contributed by atoms with E-state index >= 15 is 0 Å². The van der Waals surface area contributed by atoms with Crippen LogP contribution < -0.4 is 41.3 Å². The molecule has 2 aliphatic heterocycles. The number of nitrogens with zero attached hydrogens (tertiary/aromatic N) is 1. The number of carbonyl (C=O) groups is 2. The van der Waals surface area contributed by atoms with Crippen molar-refractivity contribution in [3.05, 3.63) is 53.7 Å². The van der Waals surface area contributed by atoms with Gasteiger partial charge in [-0.05, 0) is 0 Å². The number of H-pyrrole nitrogens is 1. The Kier molecular flexibility index (Phi) is 5.92. The number of amides is 1. The Bertz CT molecular complexity index is 1250. The zero-order valence-electron chi connectivity index (χ0n) is 17.7. The van der Waals surface area contributed by atoms with Gasteiger partial charge in [0.15, 0.2) is 0 Å². The minimum absolute atomic E-state index is 0.0397. The third-order valence-electron chi connectivity index (χ3n) is 5.52. The fourth-order valence-electron chi connectivity index (χ4n) is 4.03. The first-order valence-corrected chi connectivity index (χ1v) is 12.8. The number of para-hydroxylation sites is 1. The van der Waals surface area contributed by atoms with E-state index in [0.717, 1.165) is 5.69 Å². The molecule has 1 atom stereocenters. The number of halogens is 2. The first-order chi connectivity index (χ1) is 16.1. The summed E-state index contributed by atoms with van der Waals surface area (Å²) in [6.07, 6.45) is 4.33. The number of hydrogen-bond acceptors (Lipinski definition) is 6. The van der Waals surface area contributed by atoms with Gasteiger partial charge in [0, 0.05) is 0 Å². The van der Waals surface area contributed by atoms with Gasteiger partial charge in [0.1, 0.15) is 0 Å². The van der Waals surface area contributed by atoms with Crippen LogP contribution in [0.4, 0.5) is 15.8 Å². The standard InChI is InChI=1S/C23H21FIN4O4/c1-32-22-13(24)4-2-5-15(22)28-21-18-20-14(10-27-23(18)31)25-17(30)6-3-9-33-16-11-26-8-7-12(16)19(21)29-20/h2,4-5,7-8,11,14,28-29H,3,6,9-10H2,1H3,(H,27,31)/q-1. The van der Waals surface area contributed by atoms with Gasteiger partial charge >= 0.3 is 200 Å². The van der Waals surface area contributed by atoms with Gasteiger partial charge in [-0.25, -0.2) is 0 Å². The van der Waals surface area contributed by atoms with Gasteiger partial charge in [0.05, 0.1) is 0 Å². The van der Waals surface area contributed by atoms with E-state index in [1.54, 1.807) is 30.6 Å². The molecule has 8 nitrogen and oxygen atoms in total. The number of alkyl halides is 1. The third-order valence-corrected chi connectivity index (χ3v) is 8.57. The van der Waals surface area contributed by atoms with E-state index < -0.39 is 27.0 Å². The molecule has 0 spiro atoms. The maximum atomic E-state index is 14.4. The van der Waals surface area contributed by atoms with Crippen LogP contribution in [0, 0.1) is 5.82 Å². The van der Waals surface area contributed by atoms with E-state index in [2.05, 4.69) is 20.6 Å². The molecule has 3 aromatic rings. The van der Waals surface area contributed by atoms with Gasteiger partial charge in [0.25, 0.3) is 0 Å². The Morgan fingerprint density at radius 3 is 3.03 bits per heavy atom. The van der Waals surface area contributed by atoms with Crippen molar-refractivity contribution in [2.24, 2.45) is 0 Å². The van der Waals surface area contributed by atoms with Crippen LogP contribution in [0.15, 0.2) is 36.7 Å². The number of pyridine rings is 1. The van der Waals surface area contributed by atoms with Crippen molar-refractivity contribution in [1.29, 1.82) is 0 Å². The van der Waals surface area contributed by atoms with Crippen LogP contribution in [-0.4, -0.2) is 39.9 Å². The van der Waals surface area contributed by atoms with Gasteiger partial charge in [-0.1, -0.05) is 0 Å². The number of methoxy groups -OCH3 is 1. The Morgan fingerprint density at radius 2 is 2.18 bits per heavy atom. The molecular formula is C23H21FIN4O4-. The van der Waals surface area contributed by atoms with Gasteiger partial charge in [-0.15, -0.1) is 0 Å². The third kappa shape index (κ3) is 4.03.